The van der Waals surface area contributed by atoms with Gasteiger partial charge in [0.2, 0.25) is 11.8 Å². The number of carbonyl (C=O) groups is 2. The van der Waals surface area contributed by atoms with Gasteiger partial charge in [-0.1, -0.05) is 24.3 Å². The maximum absolute atomic E-state index is 12.2. The van der Waals surface area contributed by atoms with Gasteiger partial charge in [0.25, 0.3) is 0 Å². The van der Waals surface area contributed by atoms with Gasteiger partial charge in [0.05, 0.1) is 6.04 Å². The summed E-state index contributed by atoms with van der Waals surface area (Å²) in [5, 5.41) is 2.88. The van der Waals surface area contributed by atoms with Crippen molar-refractivity contribution < 1.29 is 9.59 Å². The normalized spacial score (nSPS) is 22.3. The monoisotopic (exact) mass is 286 g/mol. The Morgan fingerprint density at radius 1 is 1.33 bits per heavy atom. The highest BCUT2D eigenvalue weighted by Gasteiger charge is 2.43. The van der Waals surface area contributed by atoms with E-state index in [0.29, 0.717) is 19.0 Å². The molecule has 1 aromatic carbocycles. The number of hydrogen-bond donors (Lipinski definition) is 2. The van der Waals surface area contributed by atoms with Crippen LogP contribution in [0.1, 0.15) is 24.8 Å². The van der Waals surface area contributed by atoms with E-state index in [4.69, 9.17) is 5.73 Å². The Morgan fingerprint density at radius 2 is 2.05 bits per heavy atom. The van der Waals surface area contributed by atoms with Crippen LogP contribution in [0, 0.1) is 12.0 Å². The molecule has 111 valence electrons. The summed E-state index contributed by atoms with van der Waals surface area (Å²) in [4.78, 5) is 26.0. The molecule has 0 aromatic heterocycles. The summed E-state index contributed by atoms with van der Waals surface area (Å²) < 4.78 is 0. The molecule has 1 radical (unpaired) electrons. The lowest BCUT2D eigenvalue weighted by atomic mass is 9.99. The number of nitrogens with zero attached hydrogens (tertiary/aromatic N) is 1. The molecule has 2 aliphatic rings. The van der Waals surface area contributed by atoms with Crippen LogP contribution in [0.4, 0.5) is 0 Å². The topological polar surface area (TPSA) is 75.4 Å². The minimum absolute atomic E-state index is 0.0711. The van der Waals surface area contributed by atoms with E-state index < -0.39 is 6.04 Å². The zero-order valence-corrected chi connectivity index (χ0v) is 11.9. The molecule has 5 heteroatoms. The van der Waals surface area contributed by atoms with Crippen LogP contribution < -0.4 is 11.1 Å². The van der Waals surface area contributed by atoms with Crippen molar-refractivity contribution in [2.24, 2.45) is 11.7 Å². The first-order valence-corrected chi connectivity index (χ1v) is 7.45. The molecule has 2 fully saturated rings. The smallest absolute Gasteiger partial charge is 0.243 e. The van der Waals surface area contributed by atoms with Crippen LogP contribution in [0.3, 0.4) is 0 Å². The number of benzene rings is 1. The standard InChI is InChI=1S/C16H20N3O2/c17-14(12-6-7-12)16(21)19-9-8-13(19)15(20)18-10-11-4-2-1-3-5-11/h2-5,12-14H,6-10,17H2,(H,18,20)/t13-,14+/m0/s1. The maximum Gasteiger partial charge on any atom is 0.243 e. The van der Waals surface area contributed by atoms with Crippen LogP contribution >= 0.6 is 0 Å². The molecule has 0 unspecified atom stereocenters. The average Bonchev–Trinajstić information content (AvgIpc) is 3.29. The number of amides is 2. The molecule has 1 aliphatic heterocycles. The molecule has 0 bridgehead atoms. The van der Waals surface area contributed by atoms with Crippen molar-refractivity contribution in [2.45, 2.75) is 37.9 Å². The fraction of sp³-hybridized carbons (Fsp3) is 0.500. The van der Waals surface area contributed by atoms with Crippen LogP contribution in [0.5, 0.6) is 0 Å². The van der Waals surface area contributed by atoms with Crippen molar-refractivity contribution in [3.05, 3.63) is 35.9 Å². The molecular formula is C16H20N3O2. The minimum Gasteiger partial charge on any atom is -0.350 e. The number of nitrogens with one attached hydrogen (secondary N) is 1. The second-order valence-corrected chi connectivity index (χ2v) is 5.83. The summed E-state index contributed by atoms with van der Waals surface area (Å²) in [5.74, 6) is 0.158. The molecule has 3 rings (SSSR count). The van der Waals surface area contributed by atoms with E-state index in [2.05, 4.69) is 11.4 Å². The third-order valence-corrected chi connectivity index (χ3v) is 4.27. The largest absolute Gasteiger partial charge is 0.350 e. The predicted molar refractivity (Wildman–Crippen MR) is 77.9 cm³/mol. The summed E-state index contributed by atoms with van der Waals surface area (Å²) in [6.07, 6.45) is 2.78. The van der Waals surface area contributed by atoms with Gasteiger partial charge in [0.15, 0.2) is 0 Å². The van der Waals surface area contributed by atoms with Gasteiger partial charge in [0, 0.05) is 13.1 Å². The van der Waals surface area contributed by atoms with Crippen molar-refractivity contribution in [2.75, 3.05) is 6.54 Å². The van der Waals surface area contributed by atoms with Gasteiger partial charge in [-0.3, -0.25) is 9.59 Å². The van der Waals surface area contributed by atoms with Crippen molar-refractivity contribution >= 4 is 11.8 Å². The van der Waals surface area contributed by atoms with Crippen LogP contribution in [0.2, 0.25) is 0 Å². The van der Waals surface area contributed by atoms with Gasteiger partial charge < -0.3 is 16.0 Å². The molecule has 3 N–H and O–H groups in total. The highest BCUT2D eigenvalue weighted by Crippen LogP contribution is 2.33. The van der Waals surface area contributed by atoms with Crippen LogP contribution in [0.15, 0.2) is 24.3 Å². The fourth-order valence-corrected chi connectivity index (χ4v) is 2.62. The molecule has 1 aromatic rings. The summed E-state index contributed by atoms with van der Waals surface area (Å²) in [5.41, 5.74) is 6.96. The van der Waals surface area contributed by atoms with E-state index >= 15 is 0 Å². The molecule has 1 heterocycles. The molecule has 1 aliphatic carbocycles. The van der Waals surface area contributed by atoms with Crippen molar-refractivity contribution in [1.82, 2.24) is 10.2 Å². The minimum atomic E-state index is -0.426. The third kappa shape index (κ3) is 3.08. The van der Waals surface area contributed by atoms with Crippen molar-refractivity contribution in [1.29, 1.82) is 0 Å². The number of nitrogens with two attached hydrogens (primary N) is 1. The van der Waals surface area contributed by atoms with Crippen molar-refractivity contribution in [3.8, 4) is 0 Å². The SMILES string of the molecule is N[C@@H](C(=O)N1CC[C@H]1C(=O)NCc1cc[c]cc1)C1CC1. The Balaban J connectivity index is 1.51. The second kappa shape index (κ2) is 5.85. The number of hydrogen-bond acceptors (Lipinski definition) is 3. The summed E-state index contributed by atoms with van der Waals surface area (Å²) in [6, 6.07) is 9.61. The molecule has 0 spiro atoms. The van der Waals surface area contributed by atoms with Gasteiger partial charge in [-0.25, -0.2) is 0 Å². The quantitative estimate of drug-likeness (QED) is 0.825. The summed E-state index contributed by atoms with van der Waals surface area (Å²) in [7, 11) is 0. The van der Waals surface area contributed by atoms with E-state index in [1.807, 2.05) is 24.3 Å². The van der Waals surface area contributed by atoms with Gasteiger partial charge >= 0.3 is 0 Å². The van der Waals surface area contributed by atoms with E-state index in [-0.39, 0.29) is 17.9 Å². The molecule has 2 atom stereocenters. The highest BCUT2D eigenvalue weighted by molar-refractivity contribution is 5.91. The van der Waals surface area contributed by atoms with E-state index in [9.17, 15) is 9.59 Å². The Morgan fingerprint density at radius 3 is 2.62 bits per heavy atom. The molecule has 5 nitrogen and oxygen atoms in total. The first-order valence-electron chi connectivity index (χ1n) is 7.45. The highest BCUT2D eigenvalue weighted by atomic mass is 16.2. The molecular weight excluding hydrogens is 266 g/mol. The second-order valence-electron chi connectivity index (χ2n) is 5.83. The van der Waals surface area contributed by atoms with Gasteiger partial charge in [-0.05, 0) is 36.8 Å². The molecule has 2 amide bonds. The zero-order valence-electron chi connectivity index (χ0n) is 11.9. The molecule has 1 saturated heterocycles. The lowest BCUT2D eigenvalue weighted by molar-refractivity contribution is -0.148. The van der Waals surface area contributed by atoms with Crippen LogP contribution in [-0.4, -0.2) is 35.3 Å². The number of rotatable bonds is 5. The third-order valence-electron chi connectivity index (χ3n) is 4.27. The Bertz CT molecular complexity index is 528. The maximum atomic E-state index is 12.2. The first-order chi connectivity index (χ1) is 10.2. The molecule has 1 saturated carbocycles. The summed E-state index contributed by atoms with van der Waals surface area (Å²) in [6.45, 7) is 1.11. The zero-order chi connectivity index (χ0) is 14.8. The van der Waals surface area contributed by atoms with Crippen LogP contribution in [0.25, 0.3) is 0 Å². The van der Waals surface area contributed by atoms with Gasteiger partial charge in [0.1, 0.15) is 6.04 Å². The average molecular weight is 286 g/mol. The van der Waals surface area contributed by atoms with Crippen molar-refractivity contribution in [3.63, 3.8) is 0 Å². The number of likely N-dealkylation sites (tertiary alicyclic amines) is 1. The fourth-order valence-electron chi connectivity index (χ4n) is 2.62. The van der Waals surface area contributed by atoms with Crippen LogP contribution in [-0.2, 0) is 16.1 Å². The van der Waals surface area contributed by atoms with Gasteiger partial charge in [-0.15, -0.1) is 0 Å². The summed E-state index contributed by atoms with van der Waals surface area (Å²) >= 11 is 0. The van der Waals surface area contributed by atoms with E-state index in [1.54, 1.807) is 4.90 Å². The Hall–Kier alpha value is -1.88. The predicted octanol–water partition coefficient (Wildman–Crippen LogP) is 0.441. The van der Waals surface area contributed by atoms with E-state index in [1.165, 1.54) is 0 Å². The first kappa shape index (κ1) is 14.1. The number of carbonyl (C=O) groups excluding carboxylic acids is 2. The Labute approximate surface area is 124 Å². The molecule has 21 heavy (non-hydrogen) atoms. The Kier molecular flexibility index (Phi) is 3.92. The van der Waals surface area contributed by atoms with Gasteiger partial charge in [-0.2, -0.15) is 0 Å². The lowest BCUT2D eigenvalue weighted by Gasteiger charge is -2.41. The van der Waals surface area contributed by atoms with E-state index in [0.717, 1.165) is 24.8 Å². The lowest BCUT2D eigenvalue weighted by Crippen LogP contribution is -2.61.